The first-order chi connectivity index (χ1) is 5.63. The summed E-state index contributed by atoms with van der Waals surface area (Å²) >= 11 is 0. The van der Waals surface area contributed by atoms with Gasteiger partial charge in [-0.15, -0.1) is 0 Å². The van der Waals surface area contributed by atoms with Gasteiger partial charge in [0.25, 0.3) is 0 Å². The first-order valence-electron chi connectivity index (χ1n) is 5.63. The molecule has 0 saturated heterocycles. The second-order valence-electron chi connectivity index (χ2n) is 3.63. The molecule has 0 saturated carbocycles. The van der Waals surface area contributed by atoms with E-state index in [0.29, 0.717) is 0 Å². The van der Waals surface area contributed by atoms with E-state index in [1.165, 1.54) is 12.8 Å². The maximum absolute atomic E-state index is 2.38. The van der Waals surface area contributed by atoms with Gasteiger partial charge in [0, 0.05) is 0 Å². The summed E-state index contributed by atoms with van der Waals surface area (Å²) < 4.78 is 0. The van der Waals surface area contributed by atoms with Crippen molar-refractivity contribution in [2.75, 3.05) is 0 Å². The molecule has 0 nitrogen and oxygen atoms in total. The highest BCUT2D eigenvalue weighted by atomic mass is 14.2. The molecule has 0 radical (unpaired) electrons. The van der Waals surface area contributed by atoms with Gasteiger partial charge in [0.15, 0.2) is 0 Å². The fraction of sp³-hybridized carbons (Fsp3) is 1.00. The molecule has 0 N–H and O–H groups in total. The molecule has 2 atom stereocenters. The number of hydrogen-bond acceptors (Lipinski definition) is 0. The summed E-state index contributed by atoms with van der Waals surface area (Å²) in [5, 5.41) is 0. The average molecular weight is 172 g/mol. The highest BCUT2D eigenvalue weighted by Crippen LogP contribution is 2.24. The van der Waals surface area contributed by atoms with Crippen molar-refractivity contribution >= 4 is 0 Å². The Morgan fingerprint density at radius 3 is 1.17 bits per heavy atom. The Morgan fingerprint density at radius 1 is 0.750 bits per heavy atom. The standard InChI is InChI=1S/C10H22.C2H6/c1-6-8(3)10(5)9(4)7-2;1-2/h8-10H,6-7H2,1-5H3;1-2H3. The lowest BCUT2D eigenvalue weighted by molar-refractivity contribution is 0.267. The van der Waals surface area contributed by atoms with Crippen molar-refractivity contribution in [2.45, 2.75) is 61.3 Å². The predicted molar refractivity (Wildman–Crippen MR) is 59.4 cm³/mol. The molecule has 12 heavy (non-hydrogen) atoms. The lowest BCUT2D eigenvalue weighted by Crippen LogP contribution is -2.14. The zero-order valence-electron chi connectivity index (χ0n) is 10.1. The van der Waals surface area contributed by atoms with E-state index >= 15 is 0 Å². The normalized spacial score (nSPS) is 17.2. The molecule has 0 aliphatic rings. The topological polar surface area (TPSA) is 0 Å². The van der Waals surface area contributed by atoms with Crippen LogP contribution in [-0.4, -0.2) is 0 Å². The van der Waals surface area contributed by atoms with Gasteiger partial charge in [0.2, 0.25) is 0 Å². The van der Waals surface area contributed by atoms with Gasteiger partial charge in [-0.1, -0.05) is 61.3 Å². The van der Waals surface area contributed by atoms with Gasteiger partial charge >= 0.3 is 0 Å². The van der Waals surface area contributed by atoms with Crippen LogP contribution in [-0.2, 0) is 0 Å². The van der Waals surface area contributed by atoms with Crippen molar-refractivity contribution in [3.05, 3.63) is 0 Å². The highest BCUT2D eigenvalue weighted by molar-refractivity contribution is 4.65. The molecule has 0 aromatic heterocycles. The average Bonchev–Trinajstić information content (AvgIpc) is 2.17. The molecule has 0 spiro atoms. The van der Waals surface area contributed by atoms with Crippen molar-refractivity contribution in [2.24, 2.45) is 17.8 Å². The van der Waals surface area contributed by atoms with Crippen LogP contribution in [0.25, 0.3) is 0 Å². The van der Waals surface area contributed by atoms with Crippen LogP contribution < -0.4 is 0 Å². The summed E-state index contributed by atoms with van der Waals surface area (Å²) in [5.41, 5.74) is 0. The van der Waals surface area contributed by atoms with Crippen LogP contribution in [0.5, 0.6) is 0 Å². The molecule has 76 valence electrons. The Hall–Kier alpha value is 0. The molecule has 0 aromatic carbocycles. The van der Waals surface area contributed by atoms with E-state index in [9.17, 15) is 0 Å². The molecule has 0 bridgehead atoms. The summed E-state index contributed by atoms with van der Waals surface area (Å²) in [4.78, 5) is 0. The van der Waals surface area contributed by atoms with E-state index in [4.69, 9.17) is 0 Å². The number of hydrogen-bond donors (Lipinski definition) is 0. The molecular formula is C12H28. The largest absolute Gasteiger partial charge is 0.0683 e. The van der Waals surface area contributed by atoms with Crippen LogP contribution in [0.2, 0.25) is 0 Å². The maximum atomic E-state index is 2.38. The molecule has 0 amide bonds. The third kappa shape index (κ3) is 5.62. The summed E-state index contributed by atoms with van der Waals surface area (Å²) in [6, 6.07) is 0. The van der Waals surface area contributed by atoms with Crippen molar-refractivity contribution in [3.63, 3.8) is 0 Å². The van der Waals surface area contributed by atoms with Gasteiger partial charge in [-0.25, -0.2) is 0 Å². The van der Waals surface area contributed by atoms with Crippen LogP contribution in [0.1, 0.15) is 61.3 Å². The summed E-state index contributed by atoms with van der Waals surface area (Å²) in [6.45, 7) is 15.7. The molecule has 0 fully saturated rings. The number of rotatable bonds is 4. The van der Waals surface area contributed by atoms with E-state index in [0.717, 1.165) is 17.8 Å². The lowest BCUT2D eigenvalue weighted by atomic mass is 9.82. The Bertz CT molecular complexity index is 66.1. The first kappa shape index (κ1) is 14.5. The summed E-state index contributed by atoms with van der Waals surface area (Å²) in [6.07, 6.45) is 2.65. The molecule has 2 unspecified atom stereocenters. The smallest absolute Gasteiger partial charge is 0.0391 e. The molecule has 0 aromatic rings. The second-order valence-corrected chi connectivity index (χ2v) is 3.63. The first-order valence-corrected chi connectivity index (χ1v) is 5.63. The van der Waals surface area contributed by atoms with Crippen LogP contribution in [0.3, 0.4) is 0 Å². The molecule has 0 heteroatoms. The predicted octanol–water partition coefficient (Wildman–Crippen LogP) is 4.74. The Morgan fingerprint density at radius 2 is 1.00 bits per heavy atom. The van der Waals surface area contributed by atoms with Crippen LogP contribution >= 0.6 is 0 Å². The molecule has 0 aliphatic carbocycles. The van der Waals surface area contributed by atoms with Gasteiger partial charge in [0.1, 0.15) is 0 Å². The van der Waals surface area contributed by atoms with E-state index < -0.39 is 0 Å². The fourth-order valence-electron chi connectivity index (χ4n) is 1.30. The summed E-state index contributed by atoms with van der Waals surface area (Å²) in [7, 11) is 0. The third-order valence-electron chi connectivity index (χ3n) is 3.08. The zero-order chi connectivity index (χ0) is 10.1. The molecular weight excluding hydrogens is 144 g/mol. The van der Waals surface area contributed by atoms with Crippen LogP contribution in [0.4, 0.5) is 0 Å². The minimum absolute atomic E-state index is 0.898. The van der Waals surface area contributed by atoms with E-state index in [1.54, 1.807) is 0 Å². The van der Waals surface area contributed by atoms with E-state index in [1.807, 2.05) is 13.8 Å². The van der Waals surface area contributed by atoms with Crippen molar-refractivity contribution in [1.82, 2.24) is 0 Å². The third-order valence-corrected chi connectivity index (χ3v) is 3.08. The van der Waals surface area contributed by atoms with Crippen LogP contribution in [0.15, 0.2) is 0 Å². The summed E-state index contributed by atoms with van der Waals surface area (Å²) in [5.74, 6) is 2.69. The Labute approximate surface area is 79.8 Å². The van der Waals surface area contributed by atoms with Crippen molar-refractivity contribution in [1.29, 1.82) is 0 Å². The monoisotopic (exact) mass is 172 g/mol. The quantitative estimate of drug-likeness (QED) is 0.574. The van der Waals surface area contributed by atoms with Gasteiger partial charge in [-0.3, -0.25) is 0 Å². The van der Waals surface area contributed by atoms with Gasteiger partial charge in [0.05, 0.1) is 0 Å². The van der Waals surface area contributed by atoms with Gasteiger partial charge in [-0.2, -0.15) is 0 Å². The zero-order valence-corrected chi connectivity index (χ0v) is 10.1. The van der Waals surface area contributed by atoms with Crippen molar-refractivity contribution < 1.29 is 0 Å². The molecule has 0 aliphatic heterocycles. The lowest BCUT2D eigenvalue weighted by Gasteiger charge is -2.23. The van der Waals surface area contributed by atoms with Gasteiger partial charge in [-0.05, 0) is 17.8 Å². The molecule has 0 rings (SSSR count). The van der Waals surface area contributed by atoms with Crippen LogP contribution in [0, 0.1) is 17.8 Å². The van der Waals surface area contributed by atoms with E-state index in [-0.39, 0.29) is 0 Å². The molecule has 0 heterocycles. The fourth-order valence-corrected chi connectivity index (χ4v) is 1.30. The second kappa shape index (κ2) is 9.09. The van der Waals surface area contributed by atoms with Crippen molar-refractivity contribution in [3.8, 4) is 0 Å². The van der Waals surface area contributed by atoms with Gasteiger partial charge < -0.3 is 0 Å². The van der Waals surface area contributed by atoms with E-state index in [2.05, 4.69) is 34.6 Å². The minimum atomic E-state index is 0.898. The minimum Gasteiger partial charge on any atom is -0.0683 e. The highest BCUT2D eigenvalue weighted by Gasteiger charge is 2.15. The maximum Gasteiger partial charge on any atom is -0.0391 e. The Kier molecular flexibility index (Phi) is 11.0. The SMILES string of the molecule is CC.CCC(C)C(C)C(C)CC. The Balaban J connectivity index is 0.